The smallest absolute Gasteiger partial charge is 0.296 e. The minimum Gasteiger partial charge on any atom is -0.459 e. The first-order valence-corrected chi connectivity index (χ1v) is 14.2. The Kier molecular flexibility index (Phi) is 7.10. The minimum atomic E-state index is -3.00. The quantitative estimate of drug-likeness (QED) is 0.432. The first kappa shape index (κ1) is 25.2. The molecule has 194 valence electrons. The Bertz CT molecular complexity index is 1320. The largest absolute Gasteiger partial charge is 0.459 e. The van der Waals surface area contributed by atoms with E-state index >= 15 is 0 Å². The minimum absolute atomic E-state index is 0.233. The van der Waals surface area contributed by atoms with Gasteiger partial charge in [-0.3, -0.25) is 0 Å². The van der Waals surface area contributed by atoms with E-state index in [1.165, 1.54) is 6.26 Å². The molecule has 2 aromatic heterocycles. The van der Waals surface area contributed by atoms with Crippen molar-refractivity contribution in [2.75, 3.05) is 37.5 Å². The molecule has 2 aliphatic rings. The zero-order chi connectivity index (χ0) is 25.4. The molecule has 0 spiro atoms. The number of hydrogen-bond acceptors (Lipinski definition) is 9. The molecule has 3 aromatic rings. The number of hydrogen-bond donors (Lipinski definition) is 3. The molecule has 2 aliphatic heterocycles. The van der Waals surface area contributed by atoms with Gasteiger partial charge in [0.1, 0.15) is 22.0 Å². The van der Waals surface area contributed by atoms with E-state index in [0.29, 0.717) is 54.2 Å². The number of pyridine rings is 1. The summed E-state index contributed by atoms with van der Waals surface area (Å²) in [4.78, 5) is 14.3. The van der Waals surface area contributed by atoms with Gasteiger partial charge in [0.2, 0.25) is 0 Å². The number of aliphatic hydroxyl groups is 2. The highest BCUT2D eigenvalue weighted by molar-refractivity contribution is 7.91. The van der Waals surface area contributed by atoms with E-state index in [4.69, 9.17) is 21.1 Å². The van der Waals surface area contributed by atoms with Gasteiger partial charge in [-0.1, -0.05) is 23.7 Å². The molecule has 4 heterocycles. The molecule has 0 amide bonds. The summed E-state index contributed by atoms with van der Waals surface area (Å²) >= 11 is 6.54. The van der Waals surface area contributed by atoms with Crippen LogP contribution in [0.2, 0.25) is 5.02 Å². The number of halogens is 1. The number of aliphatic hydroxyl groups excluding tert-OH is 2. The molecule has 5 rings (SSSR count). The molecule has 3 atom stereocenters. The predicted octanol–water partition coefficient (Wildman–Crippen LogP) is 2.18. The second kappa shape index (κ2) is 10.1. The van der Waals surface area contributed by atoms with Crippen LogP contribution in [0.1, 0.15) is 19.3 Å². The van der Waals surface area contributed by atoms with E-state index in [1.54, 1.807) is 6.07 Å². The second-order valence-corrected chi connectivity index (χ2v) is 12.1. The Hall–Kier alpha value is -2.44. The molecule has 12 heteroatoms. The number of sulfone groups is 1. The van der Waals surface area contributed by atoms with Gasteiger partial charge in [-0.05, 0) is 31.0 Å². The van der Waals surface area contributed by atoms with Crippen molar-refractivity contribution in [2.45, 2.75) is 42.8 Å². The third-order valence-corrected chi connectivity index (χ3v) is 8.82. The summed E-state index contributed by atoms with van der Waals surface area (Å²) in [6.07, 6.45) is 1.06. The highest BCUT2D eigenvalue weighted by Crippen LogP contribution is 2.32. The lowest BCUT2D eigenvalue weighted by Crippen LogP contribution is -2.45. The van der Waals surface area contributed by atoms with Crippen LogP contribution < -0.4 is 9.64 Å². The van der Waals surface area contributed by atoms with E-state index in [2.05, 4.69) is 19.9 Å². The molecule has 2 fully saturated rings. The van der Waals surface area contributed by atoms with Crippen LogP contribution in [-0.4, -0.2) is 89.7 Å². The third kappa shape index (κ3) is 5.30. The maximum atomic E-state index is 11.8. The van der Waals surface area contributed by atoms with Crippen LogP contribution in [0.15, 0.2) is 30.3 Å². The van der Waals surface area contributed by atoms with Crippen LogP contribution in [-0.2, 0) is 14.6 Å². The van der Waals surface area contributed by atoms with Crippen molar-refractivity contribution in [2.24, 2.45) is 0 Å². The molecule has 0 radical (unpaired) electrons. The summed E-state index contributed by atoms with van der Waals surface area (Å²) in [6.45, 7) is 1.38. The first-order valence-electron chi connectivity index (χ1n) is 11.9. The van der Waals surface area contributed by atoms with Gasteiger partial charge in [0.05, 0.1) is 40.8 Å². The number of aromatic amines is 1. The number of nitrogens with zero attached hydrogens (tertiary/aromatic N) is 3. The van der Waals surface area contributed by atoms with Gasteiger partial charge in [-0.25, -0.2) is 13.4 Å². The summed E-state index contributed by atoms with van der Waals surface area (Å²) in [5.41, 5.74) is 3.52. The standard InChI is InChI=1S/C24H29ClN4O6S/c1-36(32,33)17-6-8-29(9-7-17)15-4-2-14(3-5-15)22-18(25)11-19-23(27-22)28-24(26-19)35-16-10-20(31)21(12-30)34-13-16/h2-5,11,16-17,20-21,30-31H,6-10,12-13H2,1H3,(H,26,27,28)/t16-,20+,21?/m1/s1. The van der Waals surface area contributed by atoms with Crippen molar-refractivity contribution < 1.29 is 28.1 Å². The van der Waals surface area contributed by atoms with Gasteiger partial charge in [0.15, 0.2) is 5.65 Å². The number of piperidine rings is 1. The normalized spacial score (nSPS) is 23.8. The molecule has 2 saturated heterocycles. The fourth-order valence-electron chi connectivity index (χ4n) is 4.77. The van der Waals surface area contributed by atoms with Crippen LogP contribution in [0.5, 0.6) is 6.01 Å². The van der Waals surface area contributed by atoms with E-state index < -0.39 is 28.1 Å². The average molecular weight is 537 g/mol. The zero-order valence-electron chi connectivity index (χ0n) is 19.8. The molecular formula is C24H29ClN4O6S. The second-order valence-electron chi connectivity index (χ2n) is 9.39. The van der Waals surface area contributed by atoms with Crippen LogP contribution >= 0.6 is 11.6 Å². The maximum Gasteiger partial charge on any atom is 0.296 e. The summed E-state index contributed by atoms with van der Waals surface area (Å²) in [7, 11) is -3.00. The Morgan fingerprint density at radius 2 is 1.94 bits per heavy atom. The van der Waals surface area contributed by atoms with Gasteiger partial charge in [-0.15, -0.1) is 0 Å². The lowest BCUT2D eigenvalue weighted by Gasteiger charge is -2.32. The average Bonchev–Trinajstić information content (AvgIpc) is 3.24. The topological polar surface area (TPSA) is 138 Å². The molecule has 3 N–H and O–H groups in total. The Morgan fingerprint density at radius 3 is 2.58 bits per heavy atom. The van der Waals surface area contributed by atoms with Crippen LogP contribution in [0.3, 0.4) is 0 Å². The first-order chi connectivity index (χ1) is 17.2. The lowest BCUT2D eigenvalue weighted by molar-refractivity contribution is -0.131. The number of rotatable bonds is 6. The molecule has 1 unspecified atom stereocenters. The van der Waals surface area contributed by atoms with E-state index in [9.17, 15) is 18.6 Å². The fourth-order valence-corrected chi connectivity index (χ4v) is 6.10. The summed E-state index contributed by atoms with van der Waals surface area (Å²) < 4.78 is 34.9. The monoisotopic (exact) mass is 536 g/mol. The molecule has 36 heavy (non-hydrogen) atoms. The maximum absolute atomic E-state index is 11.8. The van der Waals surface area contributed by atoms with Crippen molar-refractivity contribution in [3.63, 3.8) is 0 Å². The summed E-state index contributed by atoms with van der Waals surface area (Å²) in [5, 5.41) is 19.5. The summed E-state index contributed by atoms with van der Waals surface area (Å²) in [6, 6.07) is 9.87. The molecular weight excluding hydrogens is 508 g/mol. The van der Waals surface area contributed by atoms with Crippen molar-refractivity contribution in [3.8, 4) is 17.3 Å². The number of anilines is 1. The van der Waals surface area contributed by atoms with Gasteiger partial charge < -0.3 is 29.6 Å². The Morgan fingerprint density at radius 1 is 1.22 bits per heavy atom. The summed E-state index contributed by atoms with van der Waals surface area (Å²) in [5.74, 6) is 0. The van der Waals surface area contributed by atoms with E-state index in [0.717, 1.165) is 11.3 Å². The van der Waals surface area contributed by atoms with Crippen molar-refractivity contribution in [1.82, 2.24) is 15.0 Å². The molecule has 0 aliphatic carbocycles. The number of benzene rings is 1. The molecule has 0 bridgehead atoms. The molecule has 1 aromatic carbocycles. The number of ether oxygens (including phenoxy) is 2. The molecule has 0 saturated carbocycles. The van der Waals surface area contributed by atoms with Crippen LogP contribution in [0.4, 0.5) is 5.69 Å². The van der Waals surface area contributed by atoms with Crippen molar-refractivity contribution in [3.05, 3.63) is 35.4 Å². The zero-order valence-corrected chi connectivity index (χ0v) is 21.4. The lowest BCUT2D eigenvalue weighted by atomic mass is 10.0. The Labute approximate surface area is 214 Å². The third-order valence-electron chi connectivity index (χ3n) is 6.85. The van der Waals surface area contributed by atoms with Crippen LogP contribution in [0.25, 0.3) is 22.4 Å². The van der Waals surface area contributed by atoms with Crippen molar-refractivity contribution >= 4 is 38.3 Å². The number of H-pyrrole nitrogens is 1. The van der Waals surface area contributed by atoms with Crippen molar-refractivity contribution in [1.29, 1.82) is 0 Å². The van der Waals surface area contributed by atoms with E-state index in [-0.39, 0.29) is 24.5 Å². The van der Waals surface area contributed by atoms with Gasteiger partial charge in [0.25, 0.3) is 6.01 Å². The molecule has 10 nitrogen and oxygen atoms in total. The predicted molar refractivity (Wildman–Crippen MR) is 136 cm³/mol. The van der Waals surface area contributed by atoms with Crippen LogP contribution in [0, 0.1) is 0 Å². The fraction of sp³-hybridized carbons (Fsp3) is 0.500. The number of fused-ring (bicyclic) bond motifs is 1. The Balaban J connectivity index is 1.29. The van der Waals surface area contributed by atoms with Gasteiger partial charge in [0, 0.05) is 37.0 Å². The van der Waals surface area contributed by atoms with Gasteiger partial charge in [-0.2, -0.15) is 4.98 Å². The number of nitrogens with one attached hydrogen (secondary N) is 1. The van der Waals surface area contributed by atoms with Gasteiger partial charge >= 0.3 is 0 Å². The number of imidazole rings is 1. The highest BCUT2D eigenvalue weighted by atomic mass is 35.5. The highest BCUT2D eigenvalue weighted by Gasteiger charge is 2.31. The SMILES string of the molecule is CS(=O)(=O)C1CCN(c2ccc(-c3nc4nc(O[C@H]5COC(CO)[C@@H](O)C5)[nH]c4cc3Cl)cc2)CC1. The van der Waals surface area contributed by atoms with E-state index in [1.807, 2.05) is 24.3 Å². The number of aromatic nitrogens is 3.